The van der Waals surface area contributed by atoms with E-state index in [1.807, 2.05) is 0 Å². The van der Waals surface area contributed by atoms with E-state index in [0.29, 0.717) is 15.9 Å². The van der Waals surface area contributed by atoms with Gasteiger partial charge in [0.05, 0.1) is 10.4 Å². The fourth-order valence-corrected chi connectivity index (χ4v) is 1.91. The van der Waals surface area contributed by atoms with Crippen molar-refractivity contribution in [2.45, 2.75) is 19.4 Å². The normalized spacial score (nSPS) is 11.8. The Morgan fingerprint density at radius 3 is 2.61 bits per heavy atom. The van der Waals surface area contributed by atoms with Crippen molar-refractivity contribution in [1.29, 1.82) is 0 Å². The quantitative estimate of drug-likeness (QED) is 0.669. The molecular weight excluding hydrogens is 256 g/mol. The number of hydrogen-bond acceptors (Lipinski definition) is 4. The predicted molar refractivity (Wildman–Crippen MR) is 68.7 cm³/mol. The van der Waals surface area contributed by atoms with Gasteiger partial charge in [0.2, 0.25) is 0 Å². The fourth-order valence-electron chi connectivity index (χ4n) is 1.73. The van der Waals surface area contributed by atoms with Crippen LogP contribution in [0, 0.1) is 10.1 Å². The Hall–Kier alpha value is -1.72. The minimum absolute atomic E-state index is 0.0438. The zero-order valence-electron chi connectivity index (χ0n) is 9.85. The molecule has 1 aromatic heterocycles. The zero-order valence-corrected chi connectivity index (χ0v) is 10.6. The number of hydrogen-bond donors (Lipinski definition) is 1. The number of fused-ring (bicyclic) bond motifs is 1. The molecule has 1 heterocycles. The zero-order chi connectivity index (χ0) is 13.5. The van der Waals surface area contributed by atoms with Crippen molar-refractivity contribution in [3.05, 3.63) is 45.1 Å². The molecule has 0 atom stereocenters. The second-order valence-corrected chi connectivity index (χ2v) is 4.95. The first-order valence-corrected chi connectivity index (χ1v) is 5.64. The number of aromatic nitrogens is 1. The Morgan fingerprint density at radius 1 is 1.39 bits per heavy atom. The van der Waals surface area contributed by atoms with E-state index in [1.165, 1.54) is 19.9 Å². The molecule has 2 aromatic rings. The second kappa shape index (κ2) is 4.19. The van der Waals surface area contributed by atoms with Crippen molar-refractivity contribution in [2.75, 3.05) is 0 Å². The highest BCUT2D eigenvalue weighted by Gasteiger charge is 2.29. The second-order valence-electron chi connectivity index (χ2n) is 4.51. The maximum absolute atomic E-state index is 11.0. The molecule has 0 radical (unpaired) electrons. The average molecular weight is 267 g/mol. The summed E-state index contributed by atoms with van der Waals surface area (Å²) in [5.41, 5.74) is -0.988. The summed E-state index contributed by atoms with van der Waals surface area (Å²) in [6.45, 7) is 2.92. The molecule has 0 aliphatic carbocycles. The Balaban J connectivity index is 2.81. The van der Waals surface area contributed by atoms with E-state index < -0.39 is 10.5 Å². The van der Waals surface area contributed by atoms with Gasteiger partial charge in [0.1, 0.15) is 11.3 Å². The highest BCUT2D eigenvalue weighted by molar-refractivity contribution is 6.31. The van der Waals surface area contributed by atoms with Gasteiger partial charge >= 0.3 is 0 Å². The van der Waals surface area contributed by atoms with E-state index >= 15 is 0 Å². The van der Waals surface area contributed by atoms with Crippen LogP contribution in [0.1, 0.15) is 19.5 Å². The maximum atomic E-state index is 11.0. The minimum atomic E-state index is -1.38. The summed E-state index contributed by atoms with van der Waals surface area (Å²) in [7, 11) is 0. The molecule has 5 nitrogen and oxygen atoms in total. The van der Waals surface area contributed by atoms with Crippen molar-refractivity contribution in [2.24, 2.45) is 0 Å². The summed E-state index contributed by atoms with van der Waals surface area (Å²) in [6.07, 6.45) is 0. The summed E-state index contributed by atoms with van der Waals surface area (Å²) in [6, 6.07) is 6.29. The molecule has 0 fully saturated rings. The molecule has 0 aliphatic rings. The van der Waals surface area contributed by atoms with Gasteiger partial charge in [-0.1, -0.05) is 11.6 Å². The van der Waals surface area contributed by atoms with Crippen LogP contribution in [0.25, 0.3) is 10.9 Å². The van der Waals surface area contributed by atoms with Gasteiger partial charge in [-0.15, -0.1) is 0 Å². The number of rotatable bonds is 2. The van der Waals surface area contributed by atoms with Crippen molar-refractivity contribution >= 4 is 28.2 Å². The van der Waals surface area contributed by atoms with Crippen LogP contribution < -0.4 is 0 Å². The number of nitrogens with zero attached hydrogens (tertiary/aromatic N) is 2. The Morgan fingerprint density at radius 2 is 2.06 bits per heavy atom. The first-order chi connectivity index (χ1) is 8.29. The van der Waals surface area contributed by atoms with Crippen molar-refractivity contribution in [3.8, 4) is 0 Å². The monoisotopic (exact) mass is 266 g/mol. The Bertz CT molecular complexity index is 635. The van der Waals surface area contributed by atoms with Crippen molar-refractivity contribution in [1.82, 2.24) is 4.98 Å². The van der Waals surface area contributed by atoms with Gasteiger partial charge in [0, 0.05) is 16.5 Å². The fraction of sp³-hybridized carbons (Fsp3) is 0.250. The third-order valence-corrected chi connectivity index (χ3v) is 2.77. The van der Waals surface area contributed by atoms with Gasteiger partial charge in [-0.25, -0.2) is 4.98 Å². The molecule has 6 heteroatoms. The van der Waals surface area contributed by atoms with Gasteiger partial charge < -0.3 is 5.11 Å². The van der Waals surface area contributed by atoms with Gasteiger partial charge in [0.15, 0.2) is 0 Å². The van der Waals surface area contributed by atoms with Crippen molar-refractivity contribution < 1.29 is 10.0 Å². The van der Waals surface area contributed by atoms with Gasteiger partial charge in [-0.3, -0.25) is 10.1 Å². The smallest absolute Gasteiger partial charge is 0.294 e. The lowest BCUT2D eigenvalue weighted by atomic mass is 10.0. The summed E-state index contributed by atoms with van der Waals surface area (Å²) >= 11 is 5.83. The molecule has 0 bridgehead atoms. The molecule has 0 aliphatic heterocycles. The lowest BCUT2D eigenvalue weighted by Gasteiger charge is -2.16. The van der Waals surface area contributed by atoms with Crippen LogP contribution in [0.3, 0.4) is 0 Å². The molecule has 18 heavy (non-hydrogen) atoms. The Kier molecular flexibility index (Phi) is 2.96. The number of benzene rings is 1. The van der Waals surface area contributed by atoms with Crippen LogP contribution >= 0.6 is 11.6 Å². The summed E-state index contributed by atoms with van der Waals surface area (Å²) < 4.78 is 0. The standard InChI is InChI=1S/C12H11ClN2O3/c1-12(2,16)11-10(15(17)18)6-7-5-8(13)3-4-9(7)14-11/h3-6,16H,1-2H3. The van der Waals surface area contributed by atoms with Crippen LogP contribution in [0.2, 0.25) is 5.02 Å². The SMILES string of the molecule is CC(C)(O)c1nc2ccc(Cl)cc2cc1[N+](=O)[O-]. The molecule has 0 saturated carbocycles. The van der Waals surface area contributed by atoms with Gasteiger partial charge in [-0.05, 0) is 32.0 Å². The Labute approximate surface area is 108 Å². The molecule has 2 rings (SSSR count). The number of pyridine rings is 1. The minimum Gasteiger partial charge on any atom is -0.384 e. The van der Waals surface area contributed by atoms with E-state index in [2.05, 4.69) is 4.98 Å². The lowest BCUT2D eigenvalue weighted by Crippen LogP contribution is -2.19. The number of nitro groups is 1. The molecule has 1 N–H and O–H groups in total. The lowest BCUT2D eigenvalue weighted by molar-refractivity contribution is -0.386. The largest absolute Gasteiger partial charge is 0.384 e. The molecule has 0 saturated heterocycles. The van der Waals surface area contributed by atoms with E-state index in [-0.39, 0.29) is 11.4 Å². The number of halogens is 1. The third-order valence-electron chi connectivity index (χ3n) is 2.53. The van der Waals surface area contributed by atoms with E-state index in [0.717, 1.165) is 0 Å². The predicted octanol–water partition coefficient (Wildman–Crippen LogP) is 3.02. The molecule has 0 spiro atoms. The van der Waals surface area contributed by atoms with Crippen LogP contribution in [-0.2, 0) is 5.60 Å². The van der Waals surface area contributed by atoms with Gasteiger partial charge in [-0.2, -0.15) is 0 Å². The molecule has 0 amide bonds. The molecule has 1 aromatic carbocycles. The maximum Gasteiger partial charge on any atom is 0.294 e. The summed E-state index contributed by atoms with van der Waals surface area (Å²) in [4.78, 5) is 14.6. The van der Waals surface area contributed by atoms with E-state index in [1.54, 1.807) is 18.2 Å². The first kappa shape index (κ1) is 12.7. The first-order valence-electron chi connectivity index (χ1n) is 5.26. The van der Waals surface area contributed by atoms with Gasteiger partial charge in [0.25, 0.3) is 5.69 Å². The van der Waals surface area contributed by atoms with Crippen molar-refractivity contribution in [3.63, 3.8) is 0 Å². The molecule has 94 valence electrons. The van der Waals surface area contributed by atoms with E-state index in [9.17, 15) is 15.2 Å². The third kappa shape index (κ3) is 2.27. The van der Waals surface area contributed by atoms with E-state index in [4.69, 9.17) is 11.6 Å². The highest BCUT2D eigenvalue weighted by Crippen LogP contribution is 2.31. The highest BCUT2D eigenvalue weighted by atomic mass is 35.5. The summed E-state index contributed by atoms with van der Waals surface area (Å²) in [5, 5.41) is 22.0. The molecule has 0 unspecified atom stereocenters. The topological polar surface area (TPSA) is 76.3 Å². The van der Waals surface area contributed by atoms with Crippen LogP contribution in [0.5, 0.6) is 0 Å². The molecular formula is C12H11ClN2O3. The number of aliphatic hydroxyl groups is 1. The average Bonchev–Trinajstić information content (AvgIpc) is 2.25. The van der Waals surface area contributed by atoms with Crippen LogP contribution in [-0.4, -0.2) is 15.0 Å². The van der Waals surface area contributed by atoms with Crippen LogP contribution in [0.4, 0.5) is 5.69 Å². The van der Waals surface area contributed by atoms with Crippen LogP contribution in [0.15, 0.2) is 24.3 Å². The summed E-state index contributed by atoms with van der Waals surface area (Å²) in [5.74, 6) is 0.